The minimum Gasteiger partial charge on any atom is -0.493 e. The molecule has 2 N–H and O–H groups in total. The highest BCUT2D eigenvalue weighted by Gasteiger charge is 2.48. The van der Waals surface area contributed by atoms with Gasteiger partial charge >= 0.3 is 0 Å². The number of hydrogen-bond donors (Lipinski definition) is 2. The van der Waals surface area contributed by atoms with Crippen molar-refractivity contribution in [3.63, 3.8) is 0 Å². The van der Waals surface area contributed by atoms with E-state index in [1.54, 1.807) is 20.3 Å². The summed E-state index contributed by atoms with van der Waals surface area (Å²) in [5, 5.41) is 5.85. The zero-order chi connectivity index (χ0) is 20.3. The molecule has 1 aliphatic carbocycles. The van der Waals surface area contributed by atoms with E-state index < -0.39 is 0 Å². The SMILES string of the molecule is COc1ccc(CNC(=O)C2CC2C(=O)Nc2cccc(C)c2C)cc1OC. The number of methoxy groups -OCH3 is 2. The molecule has 2 amide bonds. The van der Waals surface area contributed by atoms with Gasteiger partial charge < -0.3 is 20.1 Å². The van der Waals surface area contributed by atoms with Crippen LogP contribution in [0, 0.1) is 25.7 Å². The van der Waals surface area contributed by atoms with Gasteiger partial charge in [0.2, 0.25) is 11.8 Å². The van der Waals surface area contributed by atoms with Gasteiger partial charge in [0.15, 0.2) is 11.5 Å². The molecule has 2 atom stereocenters. The van der Waals surface area contributed by atoms with E-state index in [2.05, 4.69) is 10.6 Å². The summed E-state index contributed by atoms with van der Waals surface area (Å²) in [6.45, 7) is 4.36. The summed E-state index contributed by atoms with van der Waals surface area (Å²) >= 11 is 0. The van der Waals surface area contributed by atoms with Crippen LogP contribution in [0.25, 0.3) is 0 Å². The normalized spacial score (nSPS) is 17.6. The molecule has 0 saturated heterocycles. The van der Waals surface area contributed by atoms with Crippen LogP contribution in [0.2, 0.25) is 0 Å². The van der Waals surface area contributed by atoms with E-state index in [9.17, 15) is 9.59 Å². The Morgan fingerprint density at radius 1 is 1.00 bits per heavy atom. The second-order valence-corrected chi connectivity index (χ2v) is 7.09. The highest BCUT2D eigenvalue weighted by molar-refractivity contribution is 6.00. The number of rotatable bonds is 7. The molecule has 0 spiro atoms. The van der Waals surface area contributed by atoms with E-state index in [1.807, 2.05) is 44.2 Å². The first-order chi connectivity index (χ1) is 13.4. The van der Waals surface area contributed by atoms with Crippen molar-refractivity contribution >= 4 is 17.5 Å². The van der Waals surface area contributed by atoms with Crippen LogP contribution in [0.5, 0.6) is 11.5 Å². The largest absolute Gasteiger partial charge is 0.493 e. The minimum absolute atomic E-state index is 0.0973. The Morgan fingerprint density at radius 2 is 1.71 bits per heavy atom. The van der Waals surface area contributed by atoms with Gasteiger partial charge in [-0.15, -0.1) is 0 Å². The van der Waals surface area contributed by atoms with E-state index in [-0.39, 0.29) is 23.7 Å². The maximum Gasteiger partial charge on any atom is 0.228 e. The van der Waals surface area contributed by atoms with Crippen LogP contribution < -0.4 is 20.1 Å². The molecule has 2 aromatic rings. The lowest BCUT2D eigenvalue weighted by atomic mass is 10.1. The molecule has 3 rings (SSSR count). The fraction of sp³-hybridized carbons (Fsp3) is 0.364. The topological polar surface area (TPSA) is 76.7 Å². The number of benzene rings is 2. The molecule has 28 heavy (non-hydrogen) atoms. The summed E-state index contributed by atoms with van der Waals surface area (Å²) in [4.78, 5) is 24.9. The van der Waals surface area contributed by atoms with Crippen molar-refractivity contribution in [1.29, 1.82) is 0 Å². The average molecular weight is 382 g/mol. The molecular formula is C22H26N2O4. The van der Waals surface area contributed by atoms with Crippen molar-refractivity contribution in [2.45, 2.75) is 26.8 Å². The van der Waals surface area contributed by atoms with Gasteiger partial charge in [0.05, 0.1) is 26.1 Å². The zero-order valence-electron chi connectivity index (χ0n) is 16.7. The Labute approximate surface area is 165 Å². The standard InChI is InChI=1S/C22H26N2O4/c1-13-6-5-7-18(14(13)2)24-22(26)17-11-16(17)21(25)23-12-15-8-9-19(27-3)20(10-15)28-4/h5-10,16-17H,11-12H2,1-4H3,(H,23,25)(H,24,26). The molecule has 1 aliphatic rings. The predicted molar refractivity (Wildman–Crippen MR) is 108 cm³/mol. The summed E-state index contributed by atoms with van der Waals surface area (Å²) in [6.07, 6.45) is 0.578. The first-order valence-corrected chi connectivity index (χ1v) is 9.30. The molecule has 148 valence electrons. The number of amides is 2. The number of ether oxygens (including phenoxy) is 2. The Kier molecular flexibility index (Phi) is 5.87. The van der Waals surface area contributed by atoms with Gasteiger partial charge in [-0.05, 0) is 55.2 Å². The molecular weight excluding hydrogens is 356 g/mol. The van der Waals surface area contributed by atoms with Gasteiger partial charge in [0.25, 0.3) is 0 Å². The minimum atomic E-state index is -0.273. The molecule has 1 fully saturated rings. The van der Waals surface area contributed by atoms with E-state index in [4.69, 9.17) is 9.47 Å². The van der Waals surface area contributed by atoms with Crippen molar-refractivity contribution in [3.8, 4) is 11.5 Å². The quantitative estimate of drug-likeness (QED) is 0.771. The van der Waals surface area contributed by atoms with Crippen molar-refractivity contribution < 1.29 is 19.1 Å². The summed E-state index contributed by atoms with van der Waals surface area (Å²) in [5.41, 5.74) is 3.88. The van der Waals surface area contributed by atoms with E-state index >= 15 is 0 Å². The lowest BCUT2D eigenvalue weighted by Gasteiger charge is -2.11. The molecule has 0 aliphatic heterocycles. The third-order valence-corrected chi connectivity index (χ3v) is 5.24. The monoisotopic (exact) mass is 382 g/mol. The van der Waals surface area contributed by atoms with Crippen molar-refractivity contribution in [1.82, 2.24) is 5.32 Å². The van der Waals surface area contributed by atoms with E-state index in [0.29, 0.717) is 24.5 Å². The van der Waals surface area contributed by atoms with Gasteiger partial charge in [0, 0.05) is 12.2 Å². The van der Waals surface area contributed by atoms with Gasteiger partial charge in [-0.25, -0.2) is 0 Å². The highest BCUT2D eigenvalue weighted by atomic mass is 16.5. The van der Waals surface area contributed by atoms with Crippen LogP contribution in [0.3, 0.4) is 0 Å². The first-order valence-electron chi connectivity index (χ1n) is 9.30. The summed E-state index contributed by atoms with van der Waals surface area (Å²) < 4.78 is 10.5. The molecule has 6 nitrogen and oxygen atoms in total. The molecule has 1 saturated carbocycles. The summed E-state index contributed by atoms with van der Waals surface area (Å²) in [5.74, 6) is 0.515. The Bertz CT molecular complexity index is 894. The fourth-order valence-corrected chi connectivity index (χ4v) is 3.20. The van der Waals surface area contributed by atoms with E-state index in [1.165, 1.54) is 0 Å². The van der Waals surface area contributed by atoms with Crippen LogP contribution in [0.4, 0.5) is 5.69 Å². The second-order valence-electron chi connectivity index (χ2n) is 7.09. The van der Waals surface area contributed by atoms with Crippen molar-refractivity contribution in [2.24, 2.45) is 11.8 Å². The molecule has 0 bridgehead atoms. The highest BCUT2D eigenvalue weighted by Crippen LogP contribution is 2.40. The fourth-order valence-electron chi connectivity index (χ4n) is 3.20. The third kappa shape index (κ3) is 4.27. The second kappa shape index (κ2) is 8.33. The third-order valence-electron chi connectivity index (χ3n) is 5.24. The summed E-state index contributed by atoms with van der Waals surface area (Å²) in [7, 11) is 3.15. The number of anilines is 1. The maximum atomic E-state index is 12.5. The molecule has 6 heteroatoms. The van der Waals surface area contributed by atoms with Gasteiger partial charge in [0.1, 0.15) is 0 Å². The predicted octanol–water partition coefficient (Wildman–Crippen LogP) is 3.21. The molecule has 0 heterocycles. The van der Waals surface area contributed by atoms with Crippen LogP contribution in [0.1, 0.15) is 23.1 Å². The molecule has 2 aromatic carbocycles. The van der Waals surface area contributed by atoms with E-state index in [0.717, 1.165) is 22.4 Å². The maximum absolute atomic E-state index is 12.5. The van der Waals surface area contributed by atoms with Crippen LogP contribution >= 0.6 is 0 Å². The zero-order valence-corrected chi connectivity index (χ0v) is 16.7. The van der Waals surface area contributed by atoms with Crippen LogP contribution in [-0.2, 0) is 16.1 Å². The number of hydrogen-bond acceptors (Lipinski definition) is 4. The van der Waals surface area contributed by atoms with Crippen molar-refractivity contribution in [3.05, 3.63) is 53.1 Å². The smallest absolute Gasteiger partial charge is 0.228 e. The molecule has 0 aromatic heterocycles. The Hall–Kier alpha value is -3.02. The number of carbonyl (C=O) groups is 2. The van der Waals surface area contributed by atoms with Gasteiger partial charge in [-0.2, -0.15) is 0 Å². The Morgan fingerprint density at radius 3 is 2.43 bits per heavy atom. The number of carbonyl (C=O) groups excluding carboxylic acids is 2. The van der Waals surface area contributed by atoms with Crippen molar-refractivity contribution in [2.75, 3.05) is 19.5 Å². The lowest BCUT2D eigenvalue weighted by molar-refractivity contribution is -0.125. The molecule has 2 unspecified atom stereocenters. The average Bonchev–Trinajstić information content (AvgIpc) is 3.50. The van der Waals surface area contributed by atoms with Gasteiger partial charge in [-0.3, -0.25) is 9.59 Å². The first kappa shape index (κ1) is 19.7. The Balaban J connectivity index is 1.53. The number of aryl methyl sites for hydroxylation is 1. The lowest BCUT2D eigenvalue weighted by Crippen LogP contribution is -2.27. The summed E-state index contributed by atoms with van der Waals surface area (Å²) in [6, 6.07) is 11.3. The molecule has 0 radical (unpaired) electrons. The van der Waals surface area contributed by atoms with Crippen LogP contribution in [0.15, 0.2) is 36.4 Å². The van der Waals surface area contributed by atoms with Crippen LogP contribution in [-0.4, -0.2) is 26.0 Å². The van der Waals surface area contributed by atoms with Gasteiger partial charge in [-0.1, -0.05) is 18.2 Å². The number of nitrogens with one attached hydrogen (secondary N) is 2.